The van der Waals surface area contributed by atoms with Gasteiger partial charge in [0.15, 0.2) is 0 Å². The summed E-state index contributed by atoms with van der Waals surface area (Å²) in [6.45, 7) is 0.723. The van der Waals surface area contributed by atoms with Gasteiger partial charge in [0.25, 0.3) is 0 Å². The van der Waals surface area contributed by atoms with Crippen molar-refractivity contribution in [3.8, 4) is 0 Å². The summed E-state index contributed by atoms with van der Waals surface area (Å²) in [4.78, 5) is 0. The van der Waals surface area contributed by atoms with Gasteiger partial charge in [-0.05, 0) is 24.9 Å². The van der Waals surface area contributed by atoms with Crippen LogP contribution >= 0.6 is 0 Å². The third-order valence-electron chi connectivity index (χ3n) is 1.95. The van der Waals surface area contributed by atoms with E-state index in [0.29, 0.717) is 0 Å². The van der Waals surface area contributed by atoms with Gasteiger partial charge in [-0.3, -0.25) is 0 Å². The third kappa shape index (κ3) is 2.64. The van der Waals surface area contributed by atoms with Gasteiger partial charge in [0.2, 0.25) is 0 Å². The van der Waals surface area contributed by atoms with Crippen LogP contribution in [0.5, 0.6) is 0 Å². The molecule has 0 amide bonds. The Morgan fingerprint density at radius 2 is 1.83 bits per heavy atom. The maximum absolute atomic E-state index is 5.93. The van der Waals surface area contributed by atoms with E-state index in [2.05, 4.69) is 12.1 Å². The molecule has 0 aliphatic carbocycles. The Kier molecular flexibility index (Phi) is 3.77. The van der Waals surface area contributed by atoms with E-state index in [1.807, 2.05) is 18.2 Å². The monoisotopic (exact) mass is 164 g/mol. The average Bonchev–Trinajstić information content (AvgIpc) is 2.15. The minimum atomic E-state index is 0.148. The largest absolute Gasteiger partial charge is 0.330 e. The van der Waals surface area contributed by atoms with E-state index in [4.69, 9.17) is 11.5 Å². The molecule has 2 nitrogen and oxygen atoms in total. The zero-order chi connectivity index (χ0) is 8.81. The molecular weight excluding hydrogens is 148 g/mol. The molecule has 1 aromatic carbocycles. The fourth-order valence-electron chi connectivity index (χ4n) is 1.20. The van der Waals surface area contributed by atoms with Gasteiger partial charge >= 0.3 is 0 Å². The first kappa shape index (κ1) is 9.23. The molecule has 1 atom stereocenters. The molecular formula is C10H16N2. The van der Waals surface area contributed by atoms with Crippen LogP contribution in [-0.4, -0.2) is 6.54 Å². The van der Waals surface area contributed by atoms with Crippen LogP contribution in [0.1, 0.15) is 24.4 Å². The van der Waals surface area contributed by atoms with Crippen molar-refractivity contribution in [2.24, 2.45) is 11.5 Å². The predicted molar refractivity (Wildman–Crippen MR) is 51.7 cm³/mol. The molecule has 12 heavy (non-hydrogen) atoms. The van der Waals surface area contributed by atoms with Crippen LogP contribution in [-0.2, 0) is 0 Å². The Bertz CT molecular complexity index is 208. The summed E-state index contributed by atoms with van der Waals surface area (Å²) >= 11 is 0. The molecule has 2 heteroatoms. The Hall–Kier alpha value is -0.860. The van der Waals surface area contributed by atoms with Gasteiger partial charge in [0.05, 0.1) is 0 Å². The molecule has 1 rings (SSSR count). The van der Waals surface area contributed by atoms with Crippen LogP contribution in [0.3, 0.4) is 0 Å². The van der Waals surface area contributed by atoms with Crippen LogP contribution in [0, 0.1) is 0 Å². The SMILES string of the molecule is NCCCC(N)c1ccccc1. The highest BCUT2D eigenvalue weighted by atomic mass is 14.6. The van der Waals surface area contributed by atoms with Crippen molar-refractivity contribution >= 4 is 0 Å². The lowest BCUT2D eigenvalue weighted by molar-refractivity contribution is 0.618. The van der Waals surface area contributed by atoms with Gasteiger partial charge in [-0.1, -0.05) is 30.3 Å². The number of benzene rings is 1. The van der Waals surface area contributed by atoms with E-state index in [1.165, 1.54) is 5.56 Å². The maximum atomic E-state index is 5.93. The molecule has 0 radical (unpaired) electrons. The highest BCUT2D eigenvalue weighted by molar-refractivity contribution is 5.18. The summed E-state index contributed by atoms with van der Waals surface area (Å²) in [5.41, 5.74) is 12.5. The molecule has 0 saturated heterocycles. The molecule has 0 heterocycles. The molecule has 0 aromatic heterocycles. The van der Waals surface area contributed by atoms with Gasteiger partial charge < -0.3 is 11.5 Å². The molecule has 66 valence electrons. The van der Waals surface area contributed by atoms with E-state index in [9.17, 15) is 0 Å². The first-order valence-corrected chi connectivity index (χ1v) is 4.35. The fraction of sp³-hybridized carbons (Fsp3) is 0.400. The molecule has 0 aliphatic rings. The summed E-state index contributed by atoms with van der Waals surface area (Å²) in [7, 11) is 0. The van der Waals surface area contributed by atoms with Crippen LogP contribution in [0.2, 0.25) is 0 Å². The Balaban J connectivity index is 2.48. The first-order chi connectivity index (χ1) is 5.84. The minimum absolute atomic E-state index is 0.148. The first-order valence-electron chi connectivity index (χ1n) is 4.35. The number of rotatable bonds is 4. The normalized spacial score (nSPS) is 12.8. The summed E-state index contributed by atoms with van der Waals surface area (Å²) in [6, 6.07) is 10.3. The molecule has 0 spiro atoms. The predicted octanol–water partition coefficient (Wildman–Crippen LogP) is 1.43. The third-order valence-corrected chi connectivity index (χ3v) is 1.95. The summed E-state index contributed by atoms with van der Waals surface area (Å²) in [5, 5.41) is 0. The van der Waals surface area contributed by atoms with Crippen molar-refractivity contribution in [1.82, 2.24) is 0 Å². The van der Waals surface area contributed by atoms with Crippen molar-refractivity contribution in [2.45, 2.75) is 18.9 Å². The zero-order valence-electron chi connectivity index (χ0n) is 7.24. The second kappa shape index (κ2) is 4.91. The van der Waals surface area contributed by atoms with Crippen LogP contribution in [0.15, 0.2) is 30.3 Å². The highest BCUT2D eigenvalue weighted by Crippen LogP contribution is 2.13. The van der Waals surface area contributed by atoms with Gasteiger partial charge in [-0.25, -0.2) is 0 Å². The topological polar surface area (TPSA) is 52.0 Å². The standard InChI is InChI=1S/C10H16N2/c11-8-4-7-10(12)9-5-2-1-3-6-9/h1-3,5-6,10H,4,7-8,11-12H2. The van der Waals surface area contributed by atoms with E-state index < -0.39 is 0 Å². The number of nitrogens with two attached hydrogens (primary N) is 2. The van der Waals surface area contributed by atoms with Crippen molar-refractivity contribution in [1.29, 1.82) is 0 Å². The van der Waals surface area contributed by atoms with Gasteiger partial charge in [-0.15, -0.1) is 0 Å². The van der Waals surface area contributed by atoms with Crippen molar-refractivity contribution < 1.29 is 0 Å². The maximum Gasteiger partial charge on any atom is 0.0295 e. The van der Waals surface area contributed by atoms with Crippen LogP contribution < -0.4 is 11.5 Å². The van der Waals surface area contributed by atoms with E-state index in [1.54, 1.807) is 0 Å². The summed E-state index contributed by atoms with van der Waals surface area (Å²) in [6.07, 6.45) is 1.97. The lowest BCUT2D eigenvalue weighted by atomic mass is 10.0. The van der Waals surface area contributed by atoms with Crippen LogP contribution in [0.4, 0.5) is 0 Å². The molecule has 4 N–H and O–H groups in total. The Labute approximate surface area is 73.6 Å². The molecule has 0 fully saturated rings. The van der Waals surface area contributed by atoms with Crippen LogP contribution in [0.25, 0.3) is 0 Å². The quantitative estimate of drug-likeness (QED) is 0.707. The molecule has 0 saturated carbocycles. The van der Waals surface area contributed by atoms with Gasteiger partial charge in [0.1, 0.15) is 0 Å². The minimum Gasteiger partial charge on any atom is -0.330 e. The number of hydrogen-bond donors (Lipinski definition) is 2. The van der Waals surface area contributed by atoms with Crippen molar-refractivity contribution in [3.05, 3.63) is 35.9 Å². The van der Waals surface area contributed by atoms with E-state index >= 15 is 0 Å². The zero-order valence-corrected chi connectivity index (χ0v) is 7.24. The fourth-order valence-corrected chi connectivity index (χ4v) is 1.20. The van der Waals surface area contributed by atoms with Crippen molar-refractivity contribution in [2.75, 3.05) is 6.54 Å². The Morgan fingerprint density at radius 1 is 1.17 bits per heavy atom. The van der Waals surface area contributed by atoms with Gasteiger partial charge in [0, 0.05) is 6.04 Å². The number of hydrogen-bond acceptors (Lipinski definition) is 2. The molecule has 1 unspecified atom stereocenters. The van der Waals surface area contributed by atoms with E-state index in [-0.39, 0.29) is 6.04 Å². The van der Waals surface area contributed by atoms with E-state index in [0.717, 1.165) is 19.4 Å². The Morgan fingerprint density at radius 3 is 2.42 bits per heavy atom. The highest BCUT2D eigenvalue weighted by Gasteiger charge is 2.02. The molecule has 1 aromatic rings. The lowest BCUT2D eigenvalue weighted by Gasteiger charge is -2.10. The van der Waals surface area contributed by atoms with Crippen molar-refractivity contribution in [3.63, 3.8) is 0 Å². The molecule has 0 bridgehead atoms. The summed E-state index contributed by atoms with van der Waals surface area (Å²) < 4.78 is 0. The second-order valence-corrected chi connectivity index (χ2v) is 2.95. The lowest BCUT2D eigenvalue weighted by Crippen LogP contribution is -2.12. The smallest absolute Gasteiger partial charge is 0.0295 e. The van der Waals surface area contributed by atoms with Gasteiger partial charge in [-0.2, -0.15) is 0 Å². The molecule has 0 aliphatic heterocycles. The summed E-state index contributed by atoms with van der Waals surface area (Å²) in [5.74, 6) is 0. The second-order valence-electron chi connectivity index (χ2n) is 2.95. The average molecular weight is 164 g/mol.